The summed E-state index contributed by atoms with van der Waals surface area (Å²) in [5, 5.41) is 3.94. The topological polar surface area (TPSA) is 124 Å². The van der Waals surface area contributed by atoms with E-state index in [1.165, 1.54) is 11.1 Å². The molecule has 1 saturated heterocycles. The summed E-state index contributed by atoms with van der Waals surface area (Å²) >= 11 is 0. The highest BCUT2D eigenvalue weighted by atomic mass is 32.2. The van der Waals surface area contributed by atoms with Crippen molar-refractivity contribution in [2.75, 3.05) is 14.2 Å². The summed E-state index contributed by atoms with van der Waals surface area (Å²) in [7, 11) is -1.06. The largest absolute Gasteiger partial charge is 0.496 e. The number of nitrogens with zero attached hydrogens (tertiary/aromatic N) is 2. The van der Waals surface area contributed by atoms with Crippen LogP contribution >= 0.6 is 0 Å². The number of amides is 2. The van der Waals surface area contributed by atoms with E-state index in [1.54, 1.807) is 66.8 Å². The molecule has 4 atom stereocenters. The van der Waals surface area contributed by atoms with Crippen LogP contribution in [0.2, 0.25) is 0 Å². The standard InChI is InChI=1S/C37H41N3O7S/c1-21-6-12-26(13-7-21)48(44,45)40-17-14-27-28(30(46-4)19-23(3)32(27)40)20-39-33(24-8-10-25(11-9-24)35(42)47-5)34(41)38-31-22(2)18-29(31)37(15-16-37)36(39)43/h6-8,10,12-14,17,19,22,29,31,33H,9,11,15-16,18,20H2,1-5H3,(H,38,41)/t22-,29-,31?,33?/m0/s1. The molecule has 2 saturated carbocycles. The predicted octanol–water partition coefficient (Wildman–Crippen LogP) is 4.96. The lowest BCUT2D eigenvalue weighted by Gasteiger charge is -2.52. The first-order chi connectivity index (χ1) is 22.9. The van der Waals surface area contributed by atoms with E-state index in [0.29, 0.717) is 46.2 Å². The van der Waals surface area contributed by atoms with E-state index < -0.39 is 27.4 Å². The molecule has 2 aromatic carbocycles. The number of benzene rings is 2. The summed E-state index contributed by atoms with van der Waals surface area (Å²) in [5.74, 6) is 0.123. The van der Waals surface area contributed by atoms with Crippen LogP contribution in [0.5, 0.6) is 5.75 Å². The lowest BCUT2D eigenvalue weighted by molar-refractivity contribution is -0.154. The predicted molar refractivity (Wildman–Crippen MR) is 180 cm³/mol. The molecule has 1 spiro atoms. The molecular weight excluding hydrogens is 630 g/mol. The minimum Gasteiger partial charge on any atom is -0.496 e. The molecule has 2 heterocycles. The summed E-state index contributed by atoms with van der Waals surface area (Å²) < 4.78 is 39.9. The molecule has 3 fully saturated rings. The van der Waals surface area contributed by atoms with Crippen molar-refractivity contribution in [3.8, 4) is 5.75 Å². The number of aromatic nitrogens is 1. The van der Waals surface area contributed by atoms with E-state index in [1.807, 2.05) is 13.8 Å². The number of nitrogens with one attached hydrogen (secondary N) is 1. The second kappa shape index (κ2) is 11.6. The molecule has 7 rings (SSSR count). The average molecular weight is 672 g/mol. The molecule has 10 nitrogen and oxygen atoms in total. The Morgan fingerprint density at radius 2 is 1.77 bits per heavy atom. The van der Waals surface area contributed by atoms with E-state index >= 15 is 0 Å². The second-order valence-corrected chi connectivity index (χ2v) is 15.7. The highest BCUT2D eigenvalue weighted by Gasteiger charge is 2.65. The molecule has 4 aliphatic rings. The van der Waals surface area contributed by atoms with Crippen LogP contribution < -0.4 is 10.1 Å². The molecule has 252 valence electrons. The lowest BCUT2D eigenvalue weighted by atomic mass is 9.62. The average Bonchev–Trinajstić information content (AvgIpc) is 3.74. The van der Waals surface area contributed by atoms with Crippen LogP contribution in [0, 0.1) is 31.1 Å². The van der Waals surface area contributed by atoms with Gasteiger partial charge in [0.15, 0.2) is 0 Å². The minimum atomic E-state index is -3.95. The van der Waals surface area contributed by atoms with Gasteiger partial charge < -0.3 is 19.7 Å². The molecular formula is C37H41N3O7S. The molecule has 1 aliphatic heterocycles. The van der Waals surface area contributed by atoms with Crippen molar-refractivity contribution < 1.29 is 32.3 Å². The number of carbonyl (C=O) groups excluding carboxylic acids is 3. The first-order valence-corrected chi connectivity index (χ1v) is 17.9. The van der Waals surface area contributed by atoms with Crippen LogP contribution in [0.1, 0.15) is 55.7 Å². The number of hydrogen-bond acceptors (Lipinski definition) is 7. The number of aryl methyl sites for hydroxylation is 2. The maximum Gasteiger partial charge on any atom is 0.333 e. The van der Waals surface area contributed by atoms with Crippen LogP contribution in [-0.2, 0) is 35.7 Å². The Kier molecular flexibility index (Phi) is 7.81. The molecule has 1 N–H and O–H groups in total. The van der Waals surface area contributed by atoms with Gasteiger partial charge in [0.1, 0.15) is 11.8 Å². The van der Waals surface area contributed by atoms with Gasteiger partial charge in [0.2, 0.25) is 11.8 Å². The number of fused-ring (bicyclic) bond motifs is 3. The zero-order chi connectivity index (χ0) is 34.1. The summed E-state index contributed by atoms with van der Waals surface area (Å²) in [6.45, 7) is 5.89. The monoisotopic (exact) mass is 671 g/mol. The SMILES string of the molecule is COC(=O)C1=CC=C(C2C(=O)NC3[C@@H](C)C[C@@H]3C3(CC3)C(=O)N2Cc2c(OC)cc(C)c3c2ccn3S(=O)(=O)c2ccc(C)cc2)CC1. The van der Waals surface area contributed by atoms with Gasteiger partial charge in [0.25, 0.3) is 10.0 Å². The zero-order valence-electron chi connectivity index (χ0n) is 27.9. The van der Waals surface area contributed by atoms with E-state index in [-0.39, 0.29) is 41.1 Å². The van der Waals surface area contributed by atoms with Gasteiger partial charge in [0.05, 0.1) is 36.6 Å². The van der Waals surface area contributed by atoms with E-state index in [9.17, 15) is 22.8 Å². The summed E-state index contributed by atoms with van der Waals surface area (Å²) in [6, 6.07) is 9.28. The maximum absolute atomic E-state index is 14.9. The Balaban J connectivity index is 1.37. The Morgan fingerprint density at radius 3 is 2.38 bits per heavy atom. The number of allylic oxidation sites excluding steroid dienone is 2. The molecule has 48 heavy (non-hydrogen) atoms. The smallest absolute Gasteiger partial charge is 0.333 e. The van der Waals surface area contributed by atoms with E-state index in [4.69, 9.17) is 9.47 Å². The Morgan fingerprint density at radius 1 is 1.04 bits per heavy atom. The summed E-state index contributed by atoms with van der Waals surface area (Å²) in [4.78, 5) is 43.3. The van der Waals surface area contributed by atoms with Crippen molar-refractivity contribution in [3.05, 3.63) is 82.6 Å². The Labute approximate surface area is 280 Å². The van der Waals surface area contributed by atoms with Crippen molar-refractivity contribution in [3.63, 3.8) is 0 Å². The highest BCUT2D eigenvalue weighted by molar-refractivity contribution is 7.90. The fraction of sp³-hybridized carbons (Fsp3) is 0.432. The number of carbonyl (C=O) groups is 3. The van der Waals surface area contributed by atoms with Crippen LogP contribution in [0.15, 0.2) is 70.8 Å². The number of esters is 1. The lowest BCUT2D eigenvalue weighted by Crippen LogP contribution is -2.65. The molecule has 0 bridgehead atoms. The number of rotatable bonds is 7. The van der Waals surface area contributed by atoms with Gasteiger partial charge >= 0.3 is 5.97 Å². The zero-order valence-corrected chi connectivity index (χ0v) is 28.7. The molecule has 11 heteroatoms. The van der Waals surface area contributed by atoms with Gasteiger partial charge in [0, 0.05) is 28.8 Å². The van der Waals surface area contributed by atoms with Crippen molar-refractivity contribution >= 4 is 38.7 Å². The van der Waals surface area contributed by atoms with Crippen molar-refractivity contribution in [1.29, 1.82) is 0 Å². The van der Waals surface area contributed by atoms with E-state index in [0.717, 1.165) is 30.4 Å². The third-order valence-corrected chi connectivity index (χ3v) is 12.7. The third-order valence-electron chi connectivity index (χ3n) is 11.0. The molecule has 0 radical (unpaired) electrons. The van der Waals surface area contributed by atoms with E-state index in [2.05, 4.69) is 12.2 Å². The van der Waals surface area contributed by atoms with Crippen molar-refractivity contribution in [2.24, 2.45) is 17.3 Å². The summed E-state index contributed by atoms with van der Waals surface area (Å²) in [5.41, 5.74) is 3.45. The molecule has 1 aromatic heterocycles. The van der Waals surface area contributed by atoms with Gasteiger partial charge in [-0.1, -0.05) is 36.8 Å². The van der Waals surface area contributed by atoms with Gasteiger partial charge in [-0.3, -0.25) is 9.59 Å². The second-order valence-electron chi connectivity index (χ2n) is 13.8. The van der Waals surface area contributed by atoms with Crippen molar-refractivity contribution in [2.45, 2.75) is 76.4 Å². The Bertz CT molecular complexity index is 2020. The number of methoxy groups -OCH3 is 2. The van der Waals surface area contributed by atoms with Crippen LogP contribution in [0.3, 0.4) is 0 Å². The molecule has 2 unspecified atom stereocenters. The first-order valence-electron chi connectivity index (χ1n) is 16.5. The van der Waals surface area contributed by atoms with Crippen molar-refractivity contribution in [1.82, 2.24) is 14.2 Å². The molecule has 3 aliphatic carbocycles. The van der Waals surface area contributed by atoms with Gasteiger partial charge in [-0.15, -0.1) is 0 Å². The fourth-order valence-electron chi connectivity index (χ4n) is 8.16. The molecule has 2 amide bonds. The normalized spacial score (nSPS) is 24.9. The Hall–Kier alpha value is -4.38. The molecule has 3 aromatic rings. The maximum atomic E-state index is 14.9. The van der Waals surface area contributed by atoms with Gasteiger partial charge in [-0.2, -0.15) is 0 Å². The van der Waals surface area contributed by atoms with Crippen LogP contribution in [0.4, 0.5) is 0 Å². The highest BCUT2D eigenvalue weighted by Crippen LogP contribution is 2.62. The number of hydrogen-bond donors (Lipinski definition) is 1. The minimum absolute atomic E-state index is 0.0328. The fourth-order valence-corrected chi connectivity index (χ4v) is 9.57. The van der Waals surface area contributed by atoms with Crippen LogP contribution in [-0.4, -0.2) is 61.4 Å². The van der Waals surface area contributed by atoms with Gasteiger partial charge in [-0.25, -0.2) is 17.2 Å². The summed E-state index contributed by atoms with van der Waals surface area (Å²) in [6.07, 6.45) is 8.19. The van der Waals surface area contributed by atoms with Gasteiger partial charge in [-0.05, 0) is 93.2 Å². The third kappa shape index (κ3) is 4.96. The quantitative estimate of drug-likeness (QED) is 0.353. The van der Waals surface area contributed by atoms with Crippen LogP contribution in [0.25, 0.3) is 10.9 Å². The number of ether oxygens (including phenoxy) is 2. The first kappa shape index (κ1) is 32.2.